The Hall–Kier alpha value is -1.30. The van der Waals surface area contributed by atoms with Gasteiger partial charge in [0.25, 0.3) is 0 Å². The average molecular weight is 257 g/mol. The topological polar surface area (TPSA) is 85.9 Å². The minimum atomic E-state index is -0.495. The fourth-order valence-corrected chi connectivity index (χ4v) is 1.90. The van der Waals surface area contributed by atoms with E-state index in [0.717, 1.165) is 18.6 Å². The summed E-state index contributed by atoms with van der Waals surface area (Å²) in [5.74, 6) is 0. The van der Waals surface area contributed by atoms with Gasteiger partial charge in [-0.15, -0.1) is 0 Å². The van der Waals surface area contributed by atoms with E-state index in [4.69, 9.17) is 15.3 Å². The molecule has 0 aromatic heterocycles. The highest BCUT2D eigenvalue weighted by Gasteiger charge is 2.28. The van der Waals surface area contributed by atoms with E-state index in [2.05, 4.69) is 10.5 Å². The van der Waals surface area contributed by atoms with E-state index in [0.29, 0.717) is 6.42 Å². The highest BCUT2D eigenvalue weighted by molar-refractivity contribution is 5.85. The van der Waals surface area contributed by atoms with Gasteiger partial charge >= 0.3 is 6.09 Å². The lowest BCUT2D eigenvalue weighted by atomic mass is 9.89. The Balaban J connectivity index is 2.45. The maximum atomic E-state index is 11.6. The summed E-state index contributed by atoms with van der Waals surface area (Å²) in [5, 5.41) is 6.71. The number of hydrogen-bond donors (Lipinski definition) is 2. The standard InChI is InChI=1S/C12H23N3O3/c1-12(2,3)18-11(16)14-10-6-5-8(15-17-4)7-9(10)13/h9-10H,5-7,13H2,1-4H3,(H,14,16)/t9-,10+/m1/s1. The van der Waals surface area contributed by atoms with Gasteiger partial charge in [-0.05, 0) is 33.6 Å². The Kier molecular flexibility index (Phi) is 4.95. The first-order valence-electron chi connectivity index (χ1n) is 6.16. The highest BCUT2D eigenvalue weighted by atomic mass is 16.6. The monoisotopic (exact) mass is 257 g/mol. The number of alkyl carbamates (subject to hydrolysis) is 1. The Morgan fingerprint density at radius 2 is 2.17 bits per heavy atom. The summed E-state index contributed by atoms with van der Waals surface area (Å²) in [6.07, 6.45) is 1.74. The third kappa shape index (κ3) is 4.91. The fourth-order valence-electron chi connectivity index (χ4n) is 1.90. The van der Waals surface area contributed by atoms with E-state index in [1.165, 1.54) is 7.11 Å². The first-order chi connectivity index (χ1) is 8.31. The van der Waals surface area contributed by atoms with Crippen LogP contribution < -0.4 is 11.1 Å². The molecule has 1 rings (SSSR count). The molecule has 0 aromatic carbocycles. The van der Waals surface area contributed by atoms with Crippen LogP contribution in [0.25, 0.3) is 0 Å². The van der Waals surface area contributed by atoms with Crippen LogP contribution in [0.2, 0.25) is 0 Å². The number of amides is 1. The Morgan fingerprint density at radius 1 is 1.50 bits per heavy atom. The molecular weight excluding hydrogens is 234 g/mol. The van der Waals surface area contributed by atoms with E-state index in [-0.39, 0.29) is 12.1 Å². The number of ether oxygens (including phenoxy) is 1. The smallest absolute Gasteiger partial charge is 0.407 e. The highest BCUT2D eigenvalue weighted by Crippen LogP contribution is 2.16. The van der Waals surface area contributed by atoms with E-state index in [1.807, 2.05) is 20.8 Å². The zero-order valence-corrected chi connectivity index (χ0v) is 11.5. The molecule has 1 aliphatic carbocycles. The molecule has 0 aromatic rings. The predicted octanol–water partition coefficient (Wildman–Crippen LogP) is 1.39. The number of carbonyl (C=O) groups excluding carboxylic acids is 1. The summed E-state index contributed by atoms with van der Waals surface area (Å²) in [4.78, 5) is 16.4. The second-order valence-corrected chi connectivity index (χ2v) is 5.50. The van der Waals surface area contributed by atoms with Crippen molar-refractivity contribution in [1.29, 1.82) is 0 Å². The lowest BCUT2D eigenvalue weighted by Gasteiger charge is -2.30. The van der Waals surface area contributed by atoms with Crippen molar-refractivity contribution >= 4 is 11.8 Å². The molecule has 0 saturated heterocycles. The SMILES string of the molecule is CON=C1CC[C@H](NC(=O)OC(C)(C)C)[C@H](N)C1. The minimum Gasteiger partial charge on any atom is -0.444 e. The number of rotatable bonds is 2. The first-order valence-corrected chi connectivity index (χ1v) is 6.16. The molecule has 0 heterocycles. The van der Waals surface area contributed by atoms with Gasteiger partial charge in [0.05, 0.1) is 5.71 Å². The average Bonchev–Trinajstić information content (AvgIpc) is 2.20. The molecule has 18 heavy (non-hydrogen) atoms. The van der Waals surface area contributed by atoms with Crippen LogP contribution in [-0.4, -0.2) is 36.6 Å². The van der Waals surface area contributed by atoms with E-state index in [1.54, 1.807) is 0 Å². The molecule has 1 saturated carbocycles. The second-order valence-electron chi connectivity index (χ2n) is 5.50. The van der Waals surface area contributed by atoms with E-state index < -0.39 is 11.7 Å². The molecule has 0 radical (unpaired) electrons. The van der Waals surface area contributed by atoms with Gasteiger partial charge in [0.1, 0.15) is 12.7 Å². The quantitative estimate of drug-likeness (QED) is 0.732. The summed E-state index contributed by atoms with van der Waals surface area (Å²) >= 11 is 0. The molecule has 1 fully saturated rings. The van der Waals surface area contributed by atoms with Crippen molar-refractivity contribution in [1.82, 2.24) is 5.32 Å². The maximum Gasteiger partial charge on any atom is 0.407 e. The molecule has 6 nitrogen and oxygen atoms in total. The number of nitrogens with one attached hydrogen (secondary N) is 1. The van der Waals surface area contributed by atoms with E-state index in [9.17, 15) is 4.79 Å². The Bertz CT molecular complexity index is 323. The lowest BCUT2D eigenvalue weighted by molar-refractivity contribution is 0.0492. The van der Waals surface area contributed by atoms with Crippen molar-refractivity contribution in [3.05, 3.63) is 0 Å². The lowest BCUT2D eigenvalue weighted by Crippen LogP contribution is -2.52. The van der Waals surface area contributed by atoms with Crippen LogP contribution >= 0.6 is 0 Å². The molecule has 1 amide bonds. The van der Waals surface area contributed by atoms with Crippen LogP contribution in [0.15, 0.2) is 5.16 Å². The van der Waals surface area contributed by atoms with Crippen molar-refractivity contribution in [2.24, 2.45) is 10.9 Å². The molecule has 104 valence electrons. The van der Waals surface area contributed by atoms with Crippen LogP contribution in [-0.2, 0) is 9.57 Å². The van der Waals surface area contributed by atoms with Gasteiger partial charge in [0.15, 0.2) is 0 Å². The Labute approximate surface area is 108 Å². The van der Waals surface area contributed by atoms with E-state index >= 15 is 0 Å². The van der Waals surface area contributed by atoms with Crippen molar-refractivity contribution in [3.63, 3.8) is 0 Å². The van der Waals surface area contributed by atoms with Crippen LogP contribution in [0, 0.1) is 0 Å². The molecule has 6 heteroatoms. The number of oxime groups is 1. The molecule has 0 bridgehead atoms. The molecule has 0 unspecified atom stereocenters. The largest absolute Gasteiger partial charge is 0.444 e. The Morgan fingerprint density at radius 3 is 2.67 bits per heavy atom. The normalized spacial score (nSPS) is 26.8. The van der Waals surface area contributed by atoms with Gasteiger partial charge in [0, 0.05) is 18.5 Å². The van der Waals surface area contributed by atoms with Gasteiger partial charge in [-0.1, -0.05) is 5.16 Å². The van der Waals surface area contributed by atoms with Crippen LogP contribution in [0.3, 0.4) is 0 Å². The van der Waals surface area contributed by atoms with Gasteiger partial charge < -0.3 is 20.6 Å². The second kappa shape index (κ2) is 6.04. The molecule has 0 spiro atoms. The molecule has 3 N–H and O–H groups in total. The predicted molar refractivity (Wildman–Crippen MR) is 69.4 cm³/mol. The summed E-state index contributed by atoms with van der Waals surface area (Å²) < 4.78 is 5.20. The van der Waals surface area contributed by atoms with Crippen molar-refractivity contribution in [2.45, 2.75) is 57.7 Å². The summed E-state index contributed by atoms with van der Waals surface area (Å²) in [6.45, 7) is 5.49. The van der Waals surface area contributed by atoms with Crippen LogP contribution in [0.5, 0.6) is 0 Å². The third-order valence-electron chi connectivity index (χ3n) is 2.65. The molecule has 1 aliphatic rings. The van der Waals surface area contributed by atoms with Crippen LogP contribution in [0.4, 0.5) is 4.79 Å². The van der Waals surface area contributed by atoms with Gasteiger partial charge in [-0.25, -0.2) is 4.79 Å². The van der Waals surface area contributed by atoms with Gasteiger partial charge in [-0.3, -0.25) is 0 Å². The maximum absolute atomic E-state index is 11.6. The summed E-state index contributed by atoms with van der Waals surface area (Å²) in [6, 6.07) is -0.226. The molecule has 0 aliphatic heterocycles. The minimum absolute atomic E-state index is 0.0735. The molecule has 2 atom stereocenters. The zero-order valence-electron chi connectivity index (χ0n) is 11.5. The first kappa shape index (κ1) is 14.8. The van der Waals surface area contributed by atoms with Crippen molar-refractivity contribution in [3.8, 4) is 0 Å². The number of nitrogens with two attached hydrogens (primary N) is 1. The fraction of sp³-hybridized carbons (Fsp3) is 0.833. The number of nitrogens with zero attached hydrogens (tertiary/aromatic N) is 1. The van der Waals surface area contributed by atoms with Crippen LogP contribution in [0.1, 0.15) is 40.0 Å². The summed E-state index contributed by atoms with van der Waals surface area (Å²) in [7, 11) is 1.52. The van der Waals surface area contributed by atoms with Gasteiger partial charge in [-0.2, -0.15) is 0 Å². The number of hydrogen-bond acceptors (Lipinski definition) is 5. The van der Waals surface area contributed by atoms with Crippen molar-refractivity contribution < 1.29 is 14.4 Å². The zero-order chi connectivity index (χ0) is 13.8. The van der Waals surface area contributed by atoms with Gasteiger partial charge in [0.2, 0.25) is 0 Å². The molecular formula is C12H23N3O3. The summed E-state index contributed by atoms with van der Waals surface area (Å²) in [5.41, 5.74) is 6.45. The number of carbonyl (C=O) groups is 1. The van der Waals surface area contributed by atoms with Crippen molar-refractivity contribution in [2.75, 3.05) is 7.11 Å². The third-order valence-corrected chi connectivity index (χ3v) is 2.65.